The maximum atomic E-state index is 12.2. The Bertz CT molecular complexity index is 911. The molecule has 0 saturated heterocycles. The quantitative estimate of drug-likeness (QED) is 0.655. The Morgan fingerprint density at radius 2 is 1.73 bits per heavy atom. The van der Waals surface area contributed by atoms with E-state index in [1.54, 1.807) is 7.11 Å². The molecule has 4 nitrogen and oxygen atoms in total. The van der Waals surface area contributed by atoms with Gasteiger partial charge in [-0.25, -0.2) is 0 Å². The molecule has 1 amide bonds. The van der Waals surface area contributed by atoms with E-state index in [9.17, 15) is 4.79 Å². The van der Waals surface area contributed by atoms with Gasteiger partial charge in [-0.3, -0.25) is 4.79 Å². The van der Waals surface area contributed by atoms with Gasteiger partial charge in [0.1, 0.15) is 18.1 Å². The minimum absolute atomic E-state index is 0.141. The second-order valence-corrected chi connectivity index (χ2v) is 5.90. The Balaban J connectivity index is 1.54. The largest absolute Gasteiger partial charge is 0.497 e. The van der Waals surface area contributed by atoms with E-state index in [1.165, 1.54) is 0 Å². The van der Waals surface area contributed by atoms with Crippen LogP contribution in [-0.2, 0) is 11.3 Å². The van der Waals surface area contributed by atoms with Crippen LogP contribution in [0.2, 0.25) is 0 Å². The molecule has 3 aromatic carbocycles. The fourth-order valence-electron chi connectivity index (χ4n) is 2.60. The summed E-state index contributed by atoms with van der Waals surface area (Å²) in [7, 11) is 1.62. The number of benzene rings is 3. The standard InChI is InChI=1S/C22H21NO3/c1-16(22(24)23-14-17-10-12-19(25-2)13-11-17)15-26-21-9-5-7-18-6-3-4-8-20(18)21/h3-13H,1,14-15H2,2H3,(H,23,24). The topological polar surface area (TPSA) is 47.6 Å². The summed E-state index contributed by atoms with van der Waals surface area (Å²) < 4.78 is 10.9. The van der Waals surface area contributed by atoms with Gasteiger partial charge in [-0.1, -0.05) is 55.1 Å². The highest BCUT2D eigenvalue weighted by Gasteiger charge is 2.09. The summed E-state index contributed by atoms with van der Waals surface area (Å²) in [6.07, 6.45) is 0. The van der Waals surface area contributed by atoms with Crippen molar-refractivity contribution in [3.05, 3.63) is 84.4 Å². The minimum Gasteiger partial charge on any atom is -0.497 e. The Kier molecular flexibility index (Phi) is 5.54. The first kappa shape index (κ1) is 17.5. The normalized spacial score (nSPS) is 10.3. The number of amides is 1. The average Bonchev–Trinajstić information content (AvgIpc) is 2.70. The Labute approximate surface area is 153 Å². The van der Waals surface area contributed by atoms with Crippen LogP contribution in [-0.4, -0.2) is 19.6 Å². The Morgan fingerprint density at radius 3 is 2.50 bits per heavy atom. The van der Waals surface area contributed by atoms with Crippen molar-refractivity contribution in [3.63, 3.8) is 0 Å². The summed E-state index contributed by atoms with van der Waals surface area (Å²) in [4.78, 5) is 12.2. The van der Waals surface area contributed by atoms with E-state index in [0.29, 0.717) is 12.1 Å². The summed E-state index contributed by atoms with van der Waals surface area (Å²) in [5, 5.41) is 4.96. The van der Waals surface area contributed by atoms with Crippen molar-refractivity contribution in [1.29, 1.82) is 0 Å². The predicted octanol–water partition coefficient (Wildman–Crippen LogP) is 4.10. The number of carbonyl (C=O) groups excluding carboxylic acids is 1. The van der Waals surface area contributed by atoms with Crippen LogP contribution < -0.4 is 14.8 Å². The maximum absolute atomic E-state index is 12.2. The van der Waals surface area contributed by atoms with E-state index < -0.39 is 0 Å². The molecule has 0 aliphatic rings. The number of carbonyl (C=O) groups is 1. The molecular weight excluding hydrogens is 326 g/mol. The first-order valence-electron chi connectivity index (χ1n) is 8.37. The van der Waals surface area contributed by atoms with Crippen molar-refractivity contribution in [1.82, 2.24) is 5.32 Å². The van der Waals surface area contributed by atoms with Crippen LogP contribution in [0.25, 0.3) is 10.8 Å². The molecule has 0 bridgehead atoms. The minimum atomic E-state index is -0.221. The molecule has 3 rings (SSSR count). The third kappa shape index (κ3) is 4.22. The molecule has 0 aliphatic heterocycles. The van der Waals surface area contributed by atoms with Gasteiger partial charge in [-0.15, -0.1) is 0 Å². The molecule has 0 saturated carbocycles. The SMILES string of the molecule is C=C(COc1cccc2ccccc12)C(=O)NCc1ccc(OC)cc1. The van der Waals surface area contributed by atoms with E-state index in [0.717, 1.165) is 27.8 Å². The third-order valence-electron chi connectivity index (χ3n) is 4.08. The van der Waals surface area contributed by atoms with Gasteiger partial charge in [0.2, 0.25) is 5.91 Å². The fourth-order valence-corrected chi connectivity index (χ4v) is 2.60. The number of hydrogen-bond acceptors (Lipinski definition) is 3. The fraction of sp³-hybridized carbons (Fsp3) is 0.136. The Hall–Kier alpha value is -3.27. The van der Waals surface area contributed by atoms with Gasteiger partial charge in [-0.2, -0.15) is 0 Å². The zero-order valence-electron chi connectivity index (χ0n) is 14.7. The molecule has 0 aromatic heterocycles. The monoisotopic (exact) mass is 347 g/mol. The van der Waals surface area contributed by atoms with E-state index >= 15 is 0 Å². The molecule has 1 N–H and O–H groups in total. The molecule has 0 radical (unpaired) electrons. The third-order valence-corrected chi connectivity index (χ3v) is 4.08. The lowest BCUT2D eigenvalue weighted by Crippen LogP contribution is -2.26. The van der Waals surface area contributed by atoms with Gasteiger partial charge < -0.3 is 14.8 Å². The van der Waals surface area contributed by atoms with Gasteiger partial charge in [0.05, 0.1) is 7.11 Å². The summed E-state index contributed by atoms with van der Waals surface area (Å²) in [6, 6.07) is 21.4. The van der Waals surface area contributed by atoms with Gasteiger partial charge in [0, 0.05) is 17.5 Å². The molecule has 4 heteroatoms. The van der Waals surface area contributed by atoms with Crippen LogP contribution in [0.4, 0.5) is 0 Å². The second kappa shape index (κ2) is 8.21. The molecule has 0 aliphatic carbocycles. The van der Waals surface area contributed by atoms with Crippen molar-refractivity contribution in [2.75, 3.05) is 13.7 Å². The number of methoxy groups -OCH3 is 1. The van der Waals surface area contributed by atoms with Crippen molar-refractivity contribution >= 4 is 16.7 Å². The van der Waals surface area contributed by atoms with Crippen LogP contribution in [0, 0.1) is 0 Å². The van der Waals surface area contributed by atoms with Gasteiger partial charge in [0.25, 0.3) is 0 Å². The summed E-state index contributed by atoms with van der Waals surface area (Å²) in [6.45, 7) is 4.40. The van der Waals surface area contributed by atoms with Crippen molar-refractivity contribution in [3.8, 4) is 11.5 Å². The molecule has 0 atom stereocenters. The van der Waals surface area contributed by atoms with Gasteiger partial charge in [-0.05, 0) is 29.1 Å². The molecule has 3 aromatic rings. The molecule has 0 heterocycles. The summed E-state index contributed by atoms with van der Waals surface area (Å²) >= 11 is 0. The van der Waals surface area contributed by atoms with E-state index in [4.69, 9.17) is 9.47 Å². The molecule has 0 spiro atoms. The highest BCUT2D eigenvalue weighted by Crippen LogP contribution is 2.25. The zero-order chi connectivity index (χ0) is 18.4. The highest BCUT2D eigenvalue weighted by molar-refractivity contribution is 5.93. The zero-order valence-corrected chi connectivity index (χ0v) is 14.7. The molecule has 0 fully saturated rings. The van der Waals surface area contributed by atoms with Crippen LogP contribution in [0.3, 0.4) is 0 Å². The summed E-state index contributed by atoms with van der Waals surface area (Å²) in [5.41, 5.74) is 1.37. The average molecular weight is 347 g/mol. The first-order valence-corrected chi connectivity index (χ1v) is 8.37. The lowest BCUT2D eigenvalue weighted by atomic mass is 10.1. The van der Waals surface area contributed by atoms with E-state index in [1.807, 2.05) is 66.7 Å². The first-order chi connectivity index (χ1) is 12.7. The molecule has 132 valence electrons. The van der Waals surface area contributed by atoms with Crippen LogP contribution in [0.1, 0.15) is 5.56 Å². The number of ether oxygens (including phenoxy) is 2. The van der Waals surface area contributed by atoms with E-state index in [-0.39, 0.29) is 12.5 Å². The van der Waals surface area contributed by atoms with Crippen LogP contribution in [0.15, 0.2) is 78.9 Å². The predicted molar refractivity (Wildman–Crippen MR) is 103 cm³/mol. The van der Waals surface area contributed by atoms with Crippen molar-refractivity contribution < 1.29 is 14.3 Å². The van der Waals surface area contributed by atoms with Crippen LogP contribution in [0.5, 0.6) is 11.5 Å². The van der Waals surface area contributed by atoms with Gasteiger partial charge in [0.15, 0.2) is 0 Å². The lowest BCUT2D eigenvalue weighted by molar-refractivity contribution is -0.117. The van der Waals surface area contributed by atoms with E-state index in [2.05, 4.69) is 11.9 Å². The number of fused-ring (bicyclic) bond motifs is 1. The Morgan fingerprint density at radius 1 is 1.00 bits per heavy atom. The van der Waals surface area contributed by atoms with Crippen molar-refractivity contribution in [2.24, 2.45) is 0 Å². The highest BCUT2D eigenvalue weighted by atomic mass is 16.5. The second-order valence-electron chi connectivity index (χ2n) is 5.90. The molecular formula is C22H21NO3. The number of nitrogens with one attached hydrogen (secondary N) is 1. The number of rotatable bonds is 7. The van der Waals surface area contributed by atoms with Crippen LogP contribution >= 0.6 is 0 Å². The smallest absolute Gasteiger partial charge is 0.250 e. The summed E-state index contributed by atoms with van der Waals surface area (Å²) in [5.74, 6) is 1.31. The lowest BCUT2D eigenvalue weighted by Gasteiger charge is -2.11. The molecule has 26 heavy (non-hydrogen) atoms. The van der Waals surface area contributed by atoms with Crippen molar-refractivity contribution in [2.45, 2.75) is 6.54 Å². The number of hydrogen-bond donors (Lipinski definition) is 1. The molecule has 0 unspecified atom stereocenters. The maximum Gasteiger partial charge on any atom is 0.250 e. The van der Waals surface area contributed by atoms with Gasteiger partial charge >= 0.3 is 0 Å².